The Hall–Kier alpha value is -0.0800. The predicted octanol–water partition coefficient (Wildman–Crippen LogP) is 0.899. The zero-order chi connectivity index (χ0) is 7.68. The van der Waals surface area contributed by atoms with E-state index in [-0.39, 0.29) is 0 Å². The van der Waals surface area contributed by atoms with Crippen LogP contribution in [0.2, 0.25) is 0 Å². The average molecular weight is 155 g/mol. The lowest BCUT2D eigenvalue weighted by Gasteiger charge is -2.24. The van der Waals surface area contributed by atoms with Gasteiger partial charge in [-0.1, -0.05) is 12.8 Å². The minimum Gasteiger partial charge on any atom is -0.395 e. The zero-order valence-corrected chi connectivity index (χ0v) is 6.92. The molecule has 2 rings (SSSR count). The van der Waals surface area contributed by atoms with Crippen molar-refractivity contribution in [2.45, 2.75) is 44.2 Å². The molecule has 3 atom stereocenters. The van der Waals surface area contributed by atoms with Gasteiger partial charge in [0, 0.05) is 12.1 Å². The Balaban J connectivity index is 1.92. The molecule has 11 heavy (non-hydrogen) atoms. The van der Waals surface area contributed by atoms with Gasteiger partial charge in [-0.3, -0.25) is 0 Å². The SMILES string of the molecule is OC[C@H]1C[C@H]2CCCC[C@H]2N1. The Morgan fingerprint density at radius 2 is 2.09 bits per heavy atom. The van der Waals surface area contributed by atoms with E-state index in [0.717, 1.165) is 12.0 Å². The van der Waals surface area contributed by atoms with Crippen LogP contribution in [-0.2, 0) is 0 Å². The predicted molar refractivity (Wildman–Crippen MR) is 44.4 cm³/mol. The fraction of sp³-hybridized carbons (Fsp3) is 1.00. The van der Waals surface area contributed by atoms with Crippen LogP contribution in [0.4, 0.5) is 0 Å². The molecule has 2 N–H and O–H groups in total. The van der Waals surface area contributed by atoms with Crippen molar-refractivity contribution in [3.05, 3.63) is 0 Å². The Morgan fingerprint density at radius 3 is 2.82 bits per heavy atom. The average Bonchev–Trinajstić information content (AvgIpc) is 2.46. The van der Waals surface area contributed by atoms with Gasteiger partial charge in [0.15, 0.2) is 0 Å². The largest absolute Gasteiger partial charge is 0.395 e. The van der Waals surface area contributed by atoms with Crippen LogP contribution in [0.5, 0.6) is 0 Å². The van der Waals surface area contributed by atoms with Crippen molar-refractivity contribution in [1.29, 1.82) is 0 Å². The van der Waals surface area contributed by atoms with Gasteiger partial charge in [0.05, 0.1) is 6.61 Å². The molecule has 2 fully saturated rings. The summed E-state index contributed by atoms with van der Waals surface area (Å²) in [6.07, 6.45) is 6.71. The summed E-state index contributed by atoms with van der Waals surface area (Å²) in [5.41, 5.74) is 0. The van der Waals surface area contributed by atoms with Gasteiger partial charge in [0.2, 0.25) is 0 Å². The fourth-order valence-corrected chi connectivity index (χ4v) is 2.57. The first kappa shape index (κ1) is 7.56. The third-order valence-electron chi connectivity index (χ3n) is 3.17. The number of fused-ring (bicyclic) bond motifs is 1. The van der Waals surface area contributed by atoms with E-state index in [0.29, 0.717) is 12.6 Å². The van der Waals surface area contributed by atoms with Crippen LogP contribution in [0.1, 0.15) is 32.1 Å². The summed E-state index contributed by atoms with van der Waals surface area (Å²) in [5.74, 6) is 0.876. The summed E-state index contributed by atoms with van der Waals surface area (Å²) in [4.78, 5) is 0. The Bertz CT molecular complexity index is 124. The van der Waals surface area contributed by atoms with Gasteiger partial charge >= 0.3 is 0 Å². The number of rotatable bonds is 1. The summed E-state index contributed by atoms with van der Waals surface area (Å²) in [6.45, 7) is 0.326. The lowest BCUT2D eigenvalue weighted by Crippen LogP contribution is -2.34. The van der Waals surface area contributed by atoms with Gasteiger partial charge in [-0.2, -0.15) is 0 Å². The molecule has 64 valence electrons. The molecule has 0 spiro atoms. The van der Waals surface area contributed by atoms with Crippen molar-refractivity contribution in [1.82, 2.24) is 5.32 Å². The molecule has 0 amide bonds. The van der Waals surface area contributed by atoms with Gasteiger partial charge < -0.3 is 10.4 Å². The van der Waals surface area contributed by atoms with Crippen molar-refractivity contribution in [3.8, 4) is 0 Å². The summed E-state index contributed by atoms with van der Waals surface area (Å²) < 4.78 is 0. The number of aliphatic hydroxyl groups excluding tert-OH is 1. The zero-order valence-electron chi connectivity index (χ0n) is 6.92. The maximum absolute atomic E-state index is 8.95. The molecule has 2 nitrogen and oxygen atoms in total. The van der Waals surface area contributed by atoms with Crippen molar-refractivity contribution in [2.75, 3.05) is 6.61 Å². The van der Waals surface area contributed by atoms with Crippen LogP contribution >= 0.6 is 0 Å². The van der Waals surface area contributed by atoms with E-state index in [1.807, 2.05) is 0 Å². The molecule has 0 bridgehead atoms. The number of hydrogen-bond acceptors (Lipinski definition) is 2. The molecule has 0 radical (unpaired) electrons. The summed E-state index contributed by atoms with van der Waals surface area (Å²) in [7, 11) is 0. The first-order chi connectivity index (χ1) is 5.40. The third-order valence-corrected chi connectivity index (χ3v) is 3.17. The second-order valence-electron chi connectivity index (χ2n) is 3.93. The molecule has 2 aliphatic rings. The van der Waals surface area contributed by atoms with Crippen LogP contribution in [0.15, 0.2) is 0 Å². The van der Waals surface area contributed by atoms with Crippen LogP contribution in [0, 0.1) is 5.92 Å². The van der Waals surface area contributed by atoms with E-state index < -0.39 is 0 Å². The molecule has 1 aliphatic heterocycles. The third kappa shape index (κ3) is 1.42. The minimum absolute atomic E-state index is 0.326. The Kier molecular flexibility index (Phi) is 2.14. The van der Waals surface area contributed by atoms with Crippen LogP contribution in [0.25, 0.3) is 0 Å². The van der Waals surface area contributed by atoms with Gasteiger partial charge in [-0.15, -0.1) is 0 Å². The molecular formula is C9H17NO. The highest BCUT2D eigenvalue weighted by Gasteiger charge is 2.34. The van der Waals surface area contributed by atoms with E-state index in [1.54, 1.807) is 0 Å². The molecule has 1 saturated carbocycles. The molecule has 0 aromatic carbocycles. The normalized spacial score (nSPS) is 43.9. The second-order valence-corrected chi connectivity index (χ2v) is 3.93. The Labute approximate surface area is 68.0 Å². The van der Waals surface area contributed by atoms with Gasteiger partial charge in [-0.25, -0.2) is 0 Å². The first-order valence-corrected chi connectivity index (χ1v) is 4.77. The van der Waals surface area contributed by atoms with Crippen molar-refractivity contribution in [2.24, 2.45) is 5.92 Å². The van der Waals surface area contributed by atoms with E-state index in [1.165, 1.54) is 32.1 Å². The van der Waals surface area contributed by atoms with E-state index in [4.69, 9.17) is 5.11 Å². The molecule has 2 heteroatoms. The van der Waals surface area contributed by atoms with E-state index >= 15 is 0 Å². The summed E-state index contributed by atoms with van der Waals surface area (Å²) >= 11 is 0. The van der Waals surface area contributed by atoms with E-state index in [2.05, 4.69) is 5.32 Å². The molecule has 0 aromatic rings. The van der Waals surface area contributed by atoms with Crippen molar-refractivity contribution < 1.29 is 5.11 Å². The summed E-state index contributed by atoms with van der Waals surface area (Å²) in [5, 5.41) is 12.4. The smallest absolute Gasteiger partial charge is 0.0584 e. The maximum atomic E-state index is 8.95. The molecule has 1 heterocycles. The highest BCUT2D eigenvalue weighted by molar-refractivity contribution is 4.92. The lowest BCUT2D eigenvalue weighted by atomic mass is 9.85. The van der Waals surface area contributed by atoms with Crippen LogP contribution in [0.3, 0.4) is 0 Å². The molecule has 0 unspecified atom stereocenters. The molecule has 1 saturated heterocycles. The van der Waals surface area contributed by atoms with Gasteiger partial charge in [-0.05, 0) is 25.2 Å². The number of hydrogen-bond donors (Lipinski definition) is 2. The van der Waals surface area contributed by atoms with Crippen molar-refractivity contribution >= 4 is 0 Å². The quantitative estimate of drug-likeness (QED) is 0.589. The monoisotopic (exact) mass is 155 g/mol. The van der Waals surface area contributed by atoms with E-state index in [9.17, 15) is 0 Å². The first-order valence-electron chi connectivity index (χ1n) is 4.77. The fourth-order valence-electron chi connectivity index (χ4n) is 2.57. The number of aliphatic hydroxyl groups is 1. The maximum Gasteiger partial charge on any atom is 0.0584 e. The van der Waals surface area contributed by atoms with Gasteiger partial charge in [0.1, 0.15) is 0 Å². The van der Waals surface area contributed by atoms with Crippen LogP contribution in [-0.4, -0.2) is 23.8 Å². The topological polar surface area (TPSA) is 32.3 Å². The Morgan fingerprint density at radius 1 is 1.27 bits per heavy atom. The highest BCUT2D eigenvalue weighted by Crippen LogP contribution is 2.32. The van der Waals surface area contributed by atoms with Crippen LogP contribution < -0.4 is 5.32 Å². The summed E-state index contributed by atoms with van der Waals surface area (Å²) in [6, 6.07) is 1.14. The molecular weight excluding hydrogens is 138 g/mol. The standard InChI is InChI=1S/C9H17NO/c11-6-8-5-7-3-1-2-4-9(7)10-8/h7-11H,1-6H2/t7-,8-,9-/m1/s1. The molecule has 0 aromatic heterocycles. The second kappa shape index (κ2) is 3.11. The number of nitrogens with one attached hydrogen (secondary N) is 1. The van der Waals surface area contributed by atoms with Crippen molar-refractivity contribution in [3.63, 3.8) is 0 Å². The highest BCUT2D eigenvalue weighted by atomic mass is 16.3. The van der Waals surface area contributed by atoms with Gasteiger partial charge in [0.25, 0.3) is 0 Å². The molecule has 1 aliphatic carbocycles. The minimum atomic E-state index is 0.326. The lowest BCUT2D eigenvalue weighted by molar-refractivity contribution is 0.250.